The van der Waals surface area contributed by atoms with Gasteiger partial charge in [0.15, 0.2) is 11.7 Å². The molecule has 0 unspecified atom stereocenters. The Morgan fingerprint density at radius 1 is 1.22 bits per heavy atom. The van der Waals surface area contributed by atoms with E-state index in [1.54, 1.807) is 7.05 Å². The minimum atomic E-state index is -4.39. The molecule has 148 valence electrons. The zero-order chi connectivity index (χ0) is 19.7. The van der Waals surface area contributed by atoms with Gasteiger partial charge in [0.25, 0.3) is 0 Å². The average Bonchev–Trinajstić information content (AvgIpc) is 3.13. The van der Waals surface area contributed by atoms with Crippen molar-refractivity contribution in [3.05, 3.63) is 51.5 Å². The molecule has 0 saturated heterocycles. The number of nitrogens with zero attached hydrogens (tertiary/aromatic N) is 2. The Hall–Kier alpha value is -2.13. The Morgan fingerprint density at radius 2 is 1.96 bits per heavy atom. The van der Waals surface area contributed by atoms with Crippen LogP contribution in [0.3, 0.4) is 0 Å². The molecule has 2 rings (SSSR count). The molecular weight excluding hydrogens is 377 g/mol. The smallest absolute Gasteiger partial charge is 0.377 e. The molecule has 0 aliphatic carbocycles. The molecule has 0 atom stereocenters. The Bertz CT molecular complexity index is 746. The Balaban J connectivity index is 1.82. The summed E-state index contributed by atoms with van der Waals surface area (Å²) in [6, 6.07) is 7.96. The maximum absolute atomic E-state index is 12.6. The van der Waals surface area contributed by atoms with Crippen LogP contribution in [-0.4, -0.2) is 31.1 Å². The number of guanidine groups is 1. The van der Waals surface area contributed by atoms with E-state index in [1.165, 1.54) is 0 Å². The monoisotopic (exact) mass is 400 g/mol. The van der Waals surface area contributed by atoms with Crippen molar-refractivity contribution < 1.29 is 17.9 Å². The van der Waals surface area contributed by atoms with E-state index in [1.807, 2.05) is 31.2 Å². The minimum absolute atomic E-state index is 0.391. The number of ether oxygens (including phenoxy) is 1. The summed E-state index contributed by atoms with van der Waals surface area (Å²) in [5.74, 6) is 0.578. The van der Waals surface area contributed by atoms with Crippen LogP contribution >= 0.6 is 11.3 Å². The lowest BCUT2D eigenvalue weighted by atomic mass is 10.1. The third-order valence-electron chi connectivity index (χ3n) is 3.72. The van der Waals surface area contributed by atoms with Crippen LogP contribution in [0, 0.1) is 0 Å². The fraction of sp³-hybridized carbons (Fsp3) is 0.444. The van der Waals surface area contributed by atoms with E-state index >= 15 is 0 Å². The van der Waals surface area contributed by atoms with Gasteiger partial charge in [0, 0.05) is 38.5 Å². The Morgan fingerprint density at radius 3 is 2.59 bits per heavy atom. The van der Waals surface area contributed by atoms with Gasteiger partial charge in [0.05, 0.1) is 11.6 Å². The zero-order valence-electron chi connectivity index (χ0n) is 15.3. The highest BCUT2D eigenvalue weighted by Crippen LogP contribution is 2.29. The molecule has 5 nitrogen and oxygen atoms in total. The number of aliphatic imine (C=N–C) groups is 1. The lowest BCUT2D eigenvalue weighted by Crippen LogP contribution is -2.38. The number of rotatable bonds is 8. The largest absolute Gasteiger partial charge is 0.434 e. The van der Waals surface area contributed by atoms with Crippen molar-refractivity contribution in [2.45, 2.75) is 32.7 Å². The van der Waals surface area contributed by atoms with E-state index in [0.29, 0.717) is 43.7 Å². The first kappa shape index (κ1) is 21.2. The molecule has 0 radical (unpaired) electrons. The average molecular weight is 400 g/mol. The number of alkyl halides is 3. The topological polar surface area (TPSA) is 58.5 Å². The maximum atomic E-state index is 12.6. The number of hydrogen-bond donors (Lipinski definition) is 2. The first-order valence-corrected chi connectivity index (χ1v) is 9.42. The van der Waals surface area contributed by atoms with E-state index < -0.39 is 11.9 Å². The molecule has 1 aromatic carbocycles. The highest BCUT2D eigenvalue weighted by molar-refractivity contribution is 7.09. The van der Waals surface area contributed by atoms with Gasteiger partial charge in [-0.25, -0.2) is 4.98 Å². The lowest BCUT2D eigenvalue weighted by molar-refractivity contribution is -0.140. The first-order valence-electron chi connectivity index (χ1n) is 8.54. The predicted octanol–water partition coefficient (Wildman–Crippen LogP) is 3.61. The number of halogens is 3. The summed E-state index contributed by atoms with van der Waals surface area (Å²) >= 11 is 1.01. The maximum Gasteiger partial charge on any atom is 0.434 e. The van der Waals surface area contributed by atoms with Crippen molar-refractivity contribution in [2.24, 2.45) is 4.99 Å². The molecule has 0 spiro atoms. The van der Waals surface area contributed by atoms with E-state index in [0.717, 1.165) is 27.8 Å². The van der Waals surface area contributed by atoms with Gasteiger partial charge in [-0.1, -0.05) is 24.3 Å². The van der Waals surface area contributed by atoms with Gasteiger partial charge in [0.1, 0.15) is 0 Å². The van der Waals surface area contributed by atoms with E-state index in [2.05, 4.69) is 20.6 Å². The van der Waals surface area contributed by atoms with Crippen LogP contribution in [0.25, 0.3) is 0 Å². The molecule has 9 heteroatoms. The Kier molecular flexibility index (Phi) is 8.05. The second-order valence-corrected chi connectivity index (χ2v) is 6.58. The van der Waals surface area contributed by atoms with Crippen LogP contribution < -0.4 is 10.6 Å². The van der Waals surface area contributed by atoms with Crippen LogP contribution in [0.2, 0.25) is 0 Å². The van der Waals surface area contributed by atoms with Crippen molar-refractivity contribution in [2.75, 3.05) is 20.2 Å². The van der Waals surface area contributed by atoms with Gasteiger partial charge in [-0.05, 0) is 18.1 Å². The van der Waals surface area contributed by atoms with Crippen LogP contribution in [0.1, 0.15) is 28.8 Å². The second-order valence-electron chi connectivity index (χ2n) is 5.63. The number of aromatic nitrogens is 1. The fourth-order valence-corrected chi connectivity index (χ4v) is 3.13. The third kappa shape index (κ3) is 6.84. The van der Waals surface area contributed by atoms with Gasteiger partial charge in [-0.3, -0.25) is 4.99 Å². The summed E-state index contributed by atoms with van der Waals surface area (Å²) in [6.07, 6.45) is -4.00. The van der Waals surface area contributed by atoms with Crippen molar-refractivity contribution in [1.29, 1.82) is 0 Å². The number of nitrogens with one attached hydrogen (secondary N) is 2. The van der Waals surface area contributed by atoms with Gasteiger partial charge in [-0.2, -0.15) is 13.2 Å². The van der Waals surface area contributed by atoms with Crippen molar-refractivity contribution >= 4 is 17.3 Å². The molecule has 0 fully saturated rings. The number of benzene rings is 1. The summed E-state index contributed by atoms with van der Waals surface area (Å²) in [4.78, 5) is 7.75. The molecule has 0 saturated carbocycles. The molecular formula is C18H23F3N4OS. The third-order valence-corrected chi connectivity index (χ3v) is 4.63. The van der Waals surface area contributed by atoms with Gasteiger partial charge >= 0.3 is 6.18 Å². The summed E-state index contributed by atoms with van der Waals surface area (Å²) in [7, 11) is 1.65. The Labute approximate surface area is 160 Å². The second kappa shape index (κ2) is 10.3. The highest BCUT2D eigenvalue weighted by Gasteiger charge is 2.33. The van der Waals surface area contributed by atoms with Gasteiger partial charge in [0.2, 0.25) is 0 Å². The van der Waals surface area contributed by atoms with Crippen LogP contribution in [-0.2, 0) is 30.5 Å². The van der Waals surface area contributed by atoms with Crippen LogP contribution in [0.4, 0.5) is 13.2 Å². The normalized spacial score (nSPS) is 12.3. The fourth-order valence-electron chi connectivity index (χ4n) is 2.33. The van der Waals surface area contributed by atoms with Crippen molar-refractivity contribution in [3.63, 3.8) is 0 Å². The van der Waals surface area contributed by atoms with E-state index in [4.69, 9.17) is 4.74 Å². The van der Waals surface area contributed by atoms with Crippen molar-refractivity contribution in [3.8, 4) is 0 Å². The molecule has 2 aromatic rings. The van der Waals surface area contributed by atoms with Crippen molar-refractivity contribution in [1.82, 2.24) is 15.6 Å². The zero-order valence-corrected chi connectivity index (χ0v) is 16.1. The molecule has 1 aromatic heterocycles. The standard InChI is InChI=1S/C18H23F3N4OS/c1-3-26-11-14-7-5-4-6-13(14)10-24-17(22-2)23-9-8-16-25-15(12-27-16)18(19,20)21/h4-7,12H,3,8-11H2,1-2H3,(H2,22,23,24). The number of thiazole rings is 1. The lowest BCUT2D eigenvalue weighted by Gasteiger charge is -2.14. The van der Waals surface area contributed by atoms with Gasteiger partial charge in [-0.15, -0.1) is 11.3 Å². The molecule has 1 heterocycles. The molecule has 27 heavy (non-hydrogen) atoms. The summed E-state index contributed by atoms with van der Waals surface area (Å²) < 4.78 is 43.2. The van der Waals surface area contributed by atoms with E-state index in [-0.39, 0.29) is 0 Å². The SMILES string of the molecule is CCOCc1ccccc1CNC(=NC)NCCc1nc(C(F)(F)F)cs1. The number of hydrogen-bond acceptors (Lipinski definition) is 4. The summed E-state index contributed by atoms with van der Waals surface area (Å²) in [5.41, 5.74) is 1.37. The highest BCUT2D eigenvalue weighted by atomic mass is 32.1. The first-order chi connectivity index (χ1) is 12.9. The summed E-state index contributed by atoms with van der Waals surface area (Å²) in [5, 5.41) is 7.77. The quantitative estimate of drug-likeness (QED) is 0.525. The molecule has 2 N–H and O–H groups in total. The van der Waals surface area contributed by atoms with Crippen LogP contribution in [0.5, 0.6) is 0 Å². The van der Waals surface area contributed by atoms with Crippen LogP contribution in [0.15, 0.2) is 34.6 Å². The molecule has 0 bridgehead atoms. The predicted molar refractivity (Wildman–Crippen MR) is 101 cm³/mol. The molecule has 0 aliphatic heterocycles. The summed E-state index contributed by atoms with van der Waals surface area (Å²) in [6.45, 7) is 4.15. The minimum Gasteiger partial charge on any atom is -0.377 e. The van der Waals surface area contributed by atoms with E-state index in [9.17, 15) is 13.2 Å². The van der Waals surface area contributed by atoms with Gasteiger partial charge < -0.3 is 15.4 Å². The molecule has 0 amide bonds. The molecule has 0 aliphatic rings.